The van der Waals surface area contributed by atoms with Gasteiger partial charge in [-0.3, -0.25) is 4.68 Å². The Hall–Kier alpha value is -2.44. The van der Waals surface area contributed by atoms with Crippen LogP contribution in [0.5, 0.6) is 0 Å². The molecule has 0 bridgehead atoms. The zero-order chi connectivity index (χ0) is 14.7. The first-order chi connectivity index (χ1) is 9.52. The van der Waals surface area contributed by atoms with E-state index >= 15 is 0 Å². The lowest BCUT2D eigenvalue weighted by Gasteiger charge is -2.07. The Morgan fingerprint density at radius 1 is 1.45 bits per heavy atom. The van der Waals surface area contributed by atoms with E-state index in [1.807, 2.05) is 0 Å². The first kappa shape index (κ1) is 14.0. The summed E-state index contributed by atoms with van der Waals surface area (Å²) in [4.78, 5) is 11.2. The summed E-state index contributed by atoms with van der Waals surface area (Å²) in [7, 11) is 0. The maximum atomic E-state index is 13.5. The number of carbonyl (C=O) groups is 1. The normalized spacial score (nSPS) is 10.6. The molecule has 0 aliphatic rings. The molecule has 2 N–H and O–H groups in total. The van der Waals surface area contributed by atoms with Crippen LogP contribution in [0.1, 0.15) is 23.0 Å². The van der Waals surface area contributed by atoms with Crippen molar-refractivity contribution >= 4 is 11.7 Å². The Kier molecular flexibility index (Phi) is 3.97. The lowest BCUT2D eigenvalue weighted by atomic mass is 10.2. The summed E-state index contributed by atoms with van der Waals surface area (Å²) in [5, 5.41) is 15.8. The van der Waals surface area contributed by atoms with Crippen molar-refractivity contribution < 1.29 is 18.7 Å². The molecule has 0 aliphatic carbocycles. The number of carboxylic acids is 1. The van der Waals surface area contributed by atoms with Gasteiger partial charge in [0.25, 0.3) is 0 Å². The van der Waals surface area contributed by atoms with Crippen LogP contribution >= 0.6 is 0 Å². The van der Waals surface area contributed by atoms with Crippen molar-refractivity contribution in [1.82, 2.24) is 9.78 Å². The largest absolute Gasteiger partial charge is 0.476 e. The van der Waals surface area contributed by atoms with Gasteiger partial charge >= 0.3 is 5.97 Å². The molecule has 0 fully saturated rings. The summed E-state index contributed by atoms with van der Waals surface area (Å²) in [5.41, 5.74) is 0.373. The number of anilines is 1. The quantitative estimate of drug-likeness (QED) is 0.883. The second kappa shape index (κ2) is 5.68. The number of nitrogens with zero attached hydrogens (tertiary/aromatic N) is 2. The standard InChI is InChI=1S/C13H13F2N3O2/c1-2-18-12(13(19)20)11(7-17-18)16-6-8-5-9(14)3-4-10(8)15/h3-5,7,16H,2,6H2,1H3,(H,19,20). The van der Waals surface area contributed by atoms with Crippen LogP contribution in [0.4, 0.5) is 14.5 Å². The van der Waals surface area contributed by atoms with E-state index in [9.17, 15) is 13.6 Å². The lowest BCUT2D eigenvalue weighted by Crippen LogP contribution is -2.12. The molecule has 1 aromatic carbocycles. The topological polar surface area (TPSA) is 67.2 Å². The Balaban J connectivity index is 2.21. The van der Waals surface area contributed by atoms with Crippen LogP contribution in [-0.2, 0) is 13.1 Å². The van der Waals surface area contributed by atoms with Crippen LogP contribution in [0, 0.1) is 11.6 Å². The molecule has 0 atom stereocenters. The molecule has 1 aromatic heterocycles. The van der Waals surface area contributed by atoms with Crippen LogP contribution in [0.3, 0.4) is 0 Å². The molecule has 1 heterocycles. The minimum Gasteiger partial charge on any atom is -0.476 e. The molecule has 0 radical (unpaired) electrons. The van der Waals surface area contributed by atoms with E-state index in [0.29, 0.717) is 6.54 Å². The van der Waals surface area contributed by atoms with Gasteiger partial charge in [-0.15, -0.1) is 0 Å². The van der Waals surface area contributed by atoms with Crippen LogP contribution < -0.4 is 5.32 Å². The average Bonchev–Trinajstić information content (AvgIpc) is 2.83. The van der Waals surface area contributed by atoms with Crippen molar-refractivity contribution in [2.75, 3.05) is 5.32 Å². The zero-order valence-electron chi connectivity index (χ0n) is 10.7. The van der Waals surface area contributed by atoms with Gasteiger partial charge in [-0.05, 0) is 25.1 Å². The molecule has 2 rings (SSSR count). The highest BCUT2D eigenvalue weighted by Gasteiger charge is 2.17. The molecule has 0 aliphatic heterocycles. The molecule has 0 saturated carbocycles. The van der Waals surface area contributed by atoms with Gasteiger partial charge in [0, 0.05) is 18.7 Å². The Morgan fingerprint density at radius 2 is 2.20 bits per heavy atom. The Bertz CT molecular complexity index is 641. The van der Waals surface area contributed by atoms with Gasteiger partial charge in [0.1, 0.15) is 11.6 Å². The number of nitrogens with one attached hydrogen (secondary N) is 1. The summed E-state index contributed by atoms with van der Waals surface area (Å²) in [6, 6.07) is 3.11. The summed E-state index contributed by atoms with van der Waals surface area (Å²) < 4.78 is 27.8. The van der Waals surface area contributed by atoms with Crippen molar-refractivity contribution in [3.8, 4) is 0 Å². The Morgan fingerprint density at radius 3 is 2.85 bits per heavy atom. The molecular weight excluding hydrogens is 268 g/mol. The molecule has 20 heavy (non-hydrogen) atoms. The smallest absolute Gasteiger partial charge is 0.356 e. The number of rotatable bonds is 5. The van der Waals surface area contributed by atoms with E-state index in [1.165, 1.54) is 10.9 Å². The van der Waals surface area contributed by atoms with Crippen LogP contribution in [-0.4, -0.2) is 20.9 Å². The second-order valence-corrected chi connectivity index (χ2v) is 4.12. The fourth-order valence-corrected chi connectivity index (χ4v) is 1.85. The highest BCUT2D eigenvalue weighted by molar-refractivity contribution is 5.92. The van der Waals surface area contributed by atoms with Gasteiger partial charge in [0.15, 0.2) is 5.69 Å². The molecular formula is C13H13F2N3O2. The number of benzene rings is 1. The van der Waals surface area contributed by atoms with Gasteiger partial charge in [-0.25, -0.2) is 13.6 Å². The maximum Gasteiger partial charge on any atom is 0.356 e. The minimum atomic E-state index is -1.13. The third-order valence-electron chi connectivity index (χ3n) is 2.82. The molecule has 7 heteroatoms. The first-order valence-corrected chi connectivity index (χ1v) is 5.99. The van der Waals surface area contributed by atoms with E-state index in [-0.39, 0.29) is 23.5 Å². The van der Waals surface area contributed by atoms with E-state index in [2.05, 4.69) is 10.4 Å². The summed E-state index contributed by atoms with van der Waals surface area (Å²) in [6.45, 7) is 2.13. The van der Waals surface area contributed by atoms with Gasteiger partial charge in [0.05, 0.1) is 11.9 Å². The van der Waals surface area contributed by atoms with Crippen LogP contribution in [0.2, 0.25) is 0 Å². The van der Waals surface area contributed by atoms with E-state index in [0.717, 1.165) is 18.2 Å². The van der Waals surface area contributed by atoms with Crippen LogP contribution in [0.25, 0.3) is 0 Å². The molecule has 0 unspecified atom stereocenters. The summed E-state index contributed by atoms with van der Waals surface area (Å²) >= 11 is 0. The predicted octanol–water partition coefficient (Wildman–Crippen LogP) is 2.49. The third-order valence-corrected chi connectivity index (χ3v) is 2.82. The first-order valence-electron chi connectivity index (χ1n) is 5.99. The fourth-order valence-electron chi connectivity index (χ4n) is 1.85. The van der Waals surface area contributed by atoms with Crippen molar-refractivity contribution in [2.24, 2.45) is 0 Å². The van der Waals surface area contributed by atoms with E-state index in [4.69, 9.17) is 5.11 Å². The predicted molar refractivity (Wildman–Crippen MR) is 68.5 cm³/mol. The van der Waals surface area contributed by atoms with Gasteiger partial charge in [0.2, 0.25) is 0 Å². The number of aromatic carboxylic acids is 1. The maximum absolute atomic E-state index is 13.5. The number of hydrogen-bond donors (Lipinski definition) is 2. The number of aromatic nitrogens is 2. The highest BCUT2D eigenvalue weighted by Crippen LogP contribution is 2.17. The van der Waals surface area contributed by atoms with Crippen molar-refractivity contribution in [1.29, 1.82) is 0 Å². The Labute approximate surface area is 113 Å². The SMILES string of the molecule is CCn1ncc(NCc2cc(F)ccc2F)c1C(=O)O. The fraction of sp³-hybridized carbons (Fsp3) is 0.231. The summed E-state index contributed by atoms with van der Waals surface area (Å²) in [6.07, 6.45) is 1.35. The molecule has 5 nitrogen and oxygen atoms in total. The van der Waals surface area contributed by atoms with Crippen molar-refractivity contribution in [2.45, 2.75) is 20.0 Å². The summed E-state index contributed by atoms with van der Waals surface area (Å²) in [5.74, 6) is -2.24. The van der Waals surface area contributed by atoms with E-state index in [1.54, 1.807) is 6.92 Å². The lowest BCUT2D eigenvalue weighted by molar-refractivity contribution is 0.0684. The molecule has 0 spiro atoms. The zero-order valence-corrected chi connectivity index (χ0v) is 10.7. The van der Waals surface area contributed by atoms with Crippen molar-refractivity contribution in [3.05, 3.63) is 47.3 Å². The number of carboxylic acid groups (broad SMARTS) is 1. The third kappa shape index (κ3) is 2.76. The average molecular weight is 281 g/mol. The number of aryl methyl sites for hydroxylation is 1. The molecule has 0 saturated heterocycles. The monoisotopic (exact) mass is 281 g/mol. The molecule has 2 aromatic rings. The highest BCUT2D eigenvalue weighted by atomic mass is 19.1. The molecule has 106 valence electrons. The number of halogens is 2. The van der Waals surface area contributed by atoms with Gasteiger partial charge < -0.3 is 10.4 Å². The molecule has 0 amide bonds. The van der Waals surface area contributed by atoms with Crippen LogP contribution in [0.15, 0.2) is 24.4 Å². The van der Waals surface area contributed by atoms with E-state index < -0.39 is 17.6 Å². The second-order valence-electron chi connectivity index (χ2n) is 4.12. The van der Waals surface area contributed by atoms with Gasteiger partial charge in [-0.1, -0.05) is 0 Å². The van der Waals surface area contributed by atoms with Gasteiger partial charge in [-0.2, -0.15) is 5.10 Å². The number of hydrogen-bond acceptors (Lipinski definition) is 3. The minimum absolute atomic E-state index is 0.00990. The van der Waals surface area contributed by atoms with Crippen molar-refractivity contribution in [3.63, 3.8) is 0 Å².